The van der Waals surface area contributed by atoms with Gasteiger partial charge < -0.3 is 4.90 Å². The zero-order chi connectivity index (χ0) is 18.6. The van der Waals surface area contributed by atoms with Gasteiger partial charge in [-0.05, 0) is 32.0 Å². The summed E-state index contributed by atoms with van der Waals surface area (Å²) in [5, 5.41) is 4.53. The first-order valence-corrected chi connectivity index (χ1v) is 9.42. The van der Waals surface area contributed by atoms with Crippen LogP contribution in [-0.4, -0.2) is 62.4 Å². The smallest absolute Gasteiger partial charge is 0.159 e. The average Bonchev–Trinajstić information content (AvgIpc) is 3.06. The van der Waals surface area contributed by atoms with Crippen LogP contribution in [0.1, 0.15) is 17.1 Å². The molecule has 1 aliphatic heterocycles. The first-order valence-electron chi connectivity index (χ1n) is 9.42. The van der Waals surface area contributed by atoms with E-state index in [1.54, 1.807) is 6.33 Å². The standard InChI is InChI=1S/C20H25N7/c1-16-13-17(2)27(24-16)20-14-19(22-15-23-20)26-11-9-25(10-12-26)8-6-18-5-3-4-7-21-18/h3-5,7,13-15H,6,8-12H2,1-2H3. The molecule has 0 atom stereocenters. The topological polar surface area (TPSA) is 63.0 Å². The highest BCUT2D eigenvalue weighted by Crippen LogP contribution is 2.17. The monoisotopic (exact) mass is 363 g/mol. The molecule has 0 saturated carbocycles. The lowest BCUT2D eigenvalue weighted by Crippen LogP contribution is -2.47. The van der Waals surface area contributed by atoms with Crippen molar-refractivity contribution in [2.24, 2.45) is 0 Å². The molecule has 1 fully saturated rings. The fourth-order valence-electron chi connectivity index (χ4n) is 3.51. The van der Waals surface area contributed by atoms with E-state index in [9.17, 15) is 0 Å². The lowest BCUT2D eigenvalue weighted by molar-refractivity contribution is 0.259. The van der Waals surface area contributed by atoms with Crippen LogP contribution in [0.4, 0.5) is 5.82 Å². The molecule has 0 unspecified atom stereocenters. The SMILES string of the molecule is Cc1cc(C)n(-c2cc(N3CCN(CCc4ccccn4)CC3)ncn2)n1. The minimum atomic E-state index is 0.822. The number of aryl methyl sites for hydroxylation is 2. The van der Waals surface area contributed by atoms with Crippen LogP contribution in [-0.2, 0) is 6.42 Å². The normalized spacial score (nSPS) is 15.3. The summed E-state index contributed by atoms with van der Waals surface area (Å²) in [4.78, 5) is 18.1. The second kappa shape index (κ2) is 7.84. The van der Waals surface area contributed by atoms with Gasteiger partial charge in [-0.3, -0.25) is 9.88 Å². The Balaban J connectivity index is 1.37. The highest BCUT2D eigenvalue weighted by atomic mass is 15.3. The number of hydrogen-bond donors (Lipinski definition) is 0. The summed E-state index contributed by atoms with van der Waals surface area (Å²) in [6.07, 6.45) is 4.49. The number of rotatable bonds is 5. The molecule has 0 bridgehead atoms. The molecule has 140 valence electrons. The van der Waals surface area contributed by atoms with E-state index in [2.05, 4.69) is 48.0 Å². The largest absolute Gasteiger partial charge is 0.354 e. The maximum Gasteiger partial charge on any atom is 0.159 e. The molecule has 0 aromatic carbocycles. The maximum atomic E-state index is 4.53. The van der Waals surface area contributed by atoms with E-state index >= 15 is 0 Å². The van der Waals surface area contributed by atoms with Crippen molar-refractivity contribution in [2.75, 3.05) is 37.6 Å². The van der Waals surface area contributed by atoms with E-state index in [1.807, 2.05) is 36.9 Å². The fourth-order valence-corrected chi connectivity index (χ4v) is 3.51. The van der Waals surface area contributed by atoms with Crippen molar-refractivity contribution in [3.63, 3.8) is 0 Å². The molecule has 0 N–H and O–H groups in total. The van der Waals surface area contributed by atoms with E-state index in [0.717, 1.165) is 67.9 Å². The lowest BCUT2D eigenvalue weighted by Gasteiger charge is -2.35. The Kier molecular flexibility index (Phi) is 5.11. The zero-order valence-corrected chi connectivity index (χ0v) is 15.9. The van der Waals surface area contributed by atoms with E-state index in [0.29, 0.717) is 0 Å². The van der Waals surface area contributed by atoms with Gasteiger partial charge in [-0.25, -0.2) is 14.6 Å². The van der Waals surface area contributed by atoms with Gasteiger partial charge in [0.1, 0.15) is 12.1 Å². The number of hydrogen-bond acceptors (Lipinski definition) is 6. The zero-order valence-electron chi connectivity index (χ0n) is 15.9. The highest BCUT2D eigenvalue weighted by Gasteiger charge is 2.19. The summed E-state index contributed by atoms with van der Waals surface area (Å²) < 4.78 is 1.88. The van der Waals surface area contributed by atoms with Crippen molar-refractivity contribution in [1.29, 1.82) is 0 Å². The lowest BCUT2D eigenvalue weighted by atomic mass is 10.2. The molecule has 7 nitrogen and oxygen atoms in total. The summed E-state index contributed by atoms with van der Waals surface area (Å²) in [5.41, 5.74) is 3.23. The molecule has 1 saturated heterocycles. The Hall–Kier alpha value is -2.80. The predicted octanol–water partition coefficient (Wildman–Crippen LogP) is 2.04. The molecule has 4 heterocycles. The van der Waals surface area contributed by atoms with Crippen LogP contribution in [0.3, 0.4) is 0 Å². The number of piperazine rings is 1. The van der Waals surface area contributed by atoms with Gasteiger partial charge in [0.05, 0.1) is 5.69 Å². The van der Waals surface area contributed by atoms with Crippen molar-refractivity contribution in [3.05, 3.63) is 59.9 Å². The molecule has 4 rings (SSSR count). The number of anilines is 1. The number of pyridine rings is 1. The van der Waals surface area contributed by atoms with Crippen LogP contribution in [0.5, 0.6) is 0 Å². The van der Waals surface area contributed by atoms with Crippen molar-refractivity contribution < 1.29 is 0 Å². The Morgan fingerprint density at radius 2 is 1.74 bits per heavy atom. The van der Waals surface area contributed by atoms with Crippen LogP contribution < -0.4 is 4.90 Å². The van der Waals surface area contributed by atoms with Gasteiger partial charge >= 0.3 is 0 Å². The van der Waals surface area contributed by atoms with E-state index in [-0.39, 0.29) is 0 Å². The maximum absolute atomic E-state index is 4.53. The van der Waals surface area contributed by atoms with Gasteiger partial charge in [0, 0.05) is 62.8 Å². The molecular formula is C20H25N7. The first-order chi connectivity index (χ1) is 13.2. The first kappa shape index (κ1) is 17.6. The summed E-state index contributed by atoms with van der Waals surface area (Å²) in [5.74, 6) is 1.79. The van der Waals surface area contributed by atoms with Gasteiger partial charge in [0.15, 0.2) is 5.82 Å². The van der Waals surface area contributed by atoms with Gasteiger partial charge in [0.2, 0.25) is 0 Å². The highest BCUT2D eigenvalue weighted by molar-refractivity contribution is 5.44. The molecular weight excluding hydrogens is 338 g/mol. The van der Waals surface area contributed by atoms with Crippen molar-refractivity contribution in [3.8, 4) is 5.82 Å². The van der Waals surface area contributed by atoms with Gasteiger partial charge in [-0.2, -0.15) is 5.10 Å². The summed E-state index contributed by atoms with van der Waals surface area (Å²) >= 11 is 0. The molecule has 1 aliphatic rings. The summed E-state index contributed by atoms with van der Waals surface area (Å²) in [7, 11) is 0. The fraction of sp³-hybridized carbons (Fsp3) is 0.400. The Morgan fingerprint density at radius 3 is 2.44 bits per heavy atom. The van der Waals surface area contributed by atoms with Crippen LogP contribution in [0, 0.1) is 13.8 Å². The molecule has 0 spiro atoms. The Bertz CT molecular complexity index is 882. The quantitative estimate of drug-likeness (QED) is 0.691. The number of nitrogens with zero attached hydrogens (tertiary/aromatic N) is 7. The molecule has 27 heavy (non-hydrogen) atoms. The van der Waals surface area contributed by atoms with Crippen LogP contribution in [0.15, 0.2) is 42.9 Å². The molecule has 0 amide bonds. The van der Waals surface area contributed by atoms with Gasteiger partial charge in [0.25, 0.3) is 0 Å². The van der Waals surface area contributed by atoms with Gasteiger partial charge in [-0.1, -0.05) is 6.07 Å². The van der Waals surface area contributed by atoms with E-state index < -0.39 is 0 Å². The van der Waals surface area contributed by atoms with Crippen LogP contribution in [0.2, 0.25) is 0 Å². The second-order valence-electron chi connectivity index (χ2n) is 6.97. The van der Waals surface area contributed by atoms with E-state index in [4.69, 9.17) is 0 Å². The minimum Gasteiger partial charge on any atom is -0.354 e. The number of aromatic nitrogens is 5. The van der Waals surface area contributed by atoms with Crippen molar-refractivity contribution in [2.45, 2.75) is 20.3 Å². The van der Waals surface area contributed by atoms with Crippen LogP contribution >= 0.6 is 0 Å². The molecule has 0 aliphatic carbocycles. The van der Waals surface area contributed by atoms with Gasteiger partial charge in [-0.15, -0.1) is 0 Å². The molecule has 7 heteroatoms. The Labute approximate surface area is 159 Å². The Morgan fingerprint density at radius 1 is 0.926 bits per heavy atom. The molecule has 0 radical (unpaired) electrons. The van der Waals surface area contributed by atoms with Crippen LogP contribution in [0.25, 0.3) is 5.82 Å². The third-order valence-electron chi connectivity index (χ3n) is 4.97. The predicted molar refractivity (Wildman–Crippen MR) is 105 cm³/mol. The third-order valence-corrected chi connectivity index (χ3v) is 4.97. The molecule has 3 aromatic rings. The minimum absolute atomic E-state index is 0.822. The third kappa shape index (κ3) is 4.14. The average molecular weight is 363 g/mol. The summed E-state index contributed by atoms with van der Waals surface area (Å²) in [6, 6.07) is 10.2. The van der Waals surface area contributed by atoms with Crippen molar-refractivity contribution in [1.82, 2.24) is 29.6 Å². The molecule has 3 aromatic heterocycles. The van der Waals surface area contributed by atoms with Crippen molar-refractivity contribution >= 4 is 5.82 Å². The second-order valence-corrected chi connectivity index (χ2v) is 6.97. The summed E-state index contributed by atoms with van der Waals surface area (Å²) in [6.45, 7) is 9.09. The van der Waals surface area contributed by atoms with E-state index in [1.165, 1.54) is 0 Å².